The molecule has 0 saturated heterocycles. The molecule has 31 heavy (non-hydrogen) atoms. The molecule has 0 bridgehead atoms. The Labute approximate surface area is 184 Å². The molecule has 0 spiro atoms. The van der Waals surface area contributed by atoms with Crippen molar-refractivity contribution in [2.75, 3.05) is 12.9 Å². The van der Waals surface area contributed by atoms with Crippen LogP contribution in [0.5, 0.6) is 11.5 Å². The number of thioether (sulfide) groups is 1. The van der Waals surface area contributed by atoms with Gasteiger partial charge in [-0.2, -0.15) is 0 Å². The maximum atomic E-state index is 12.5. The Morgan fingerprint density at radius 1 is 0.871 bits per heavy atom. The van der Waals surface area contributed by atoms with Crippen LogP contribution in [-0.2, 0) is 6.61 Å². The van der Waals surface area contributed by atoms with Crippen LogP contribution in [0.4, 0.5) is 0 Å². The van der Waals surface area contributed by atoms with Crippen LogP contribution in [0.15, 0.2) is 90.1 Å². The molecule has 3 aromatic carbocycles. The molecule has 6 nitrogen and oxygen atoms in total. The van der Waals surface area contributed by atoms with Crippen LogP contribution < -0.4 is 9.47 Å². The summed E-state index contributed by atoms with van der Waals surface area (Å²) in [6, 6.07) is 26.4. The molecule has 0 unspecified atom stereocenters. The number of hydrogen-bond donors (Lipinski definition) is 0. The average Bonchev–Trinajstić information content (AvgIpc) is 3.25. The second-order valence-electron chi connectivity index (χ2n) is 6.61. The summed E-state index contributed by atoms with van der Waals surface area (Å²) in [6.45, 7) is 0.238. The third-order valence-corrected chi connectivity index (χ3v) is 5.50. The van der Waals surface area contributed by atoms with Gasteiger partial charge in [0.05, 0.1) is 12.9 Å². The van der Waals surface area contributed by atoms with Gasteiger partial charge in [0.2, 0.25) is 0 Å². The van der Waals surface area contributed by atoms with Crippen molar-refractivity contribution in [3.8, 4) is 17.2 Å². The molecule has 156 valence electrons. The molecular weight excluding hydrogens is 410 g/mol. The average molecular weight is 432 g/mol. The van der Waals surface area contributed by atoms with Gasteiger partial charge in [0.15, 0.2) is 16.8 Å². The summed E-state index contributed by atoms with van der Waals surface area (Å²) >= 11 is 1.36. The molecule has 0 N–H and O–H groups in total. The lowest BCUT2D eigenvalue weighted by Gasteiger charge is -2.11. The number of carbonyl (C=O) groups is 1. The van der Waals surface area contributed by atoms with E-state index in [1.165, 1.54) is 11.8 Å². The van der Waals surface area contributed by atoms with Gasteiger partial charge in [0.1, 0.15) is 18.1 Å². The van der Waals surface area contributed by atoms with Crippen molar-refractivity contribution in [1.82, 2.24) is 14.8 Å². The third kappa shape index (κ3) is 5.13. The van der Waals surface area contributed by atoms with E-state index in [0.717, 1.165) is 11.4 Å². The molecule has 1 heterocycles. The lowest BCUT2D eigenvalue weighted by Crippen LogP contribution is -2.08. The Morgan fingerprint density at radius 2 is 1.52 bits per heavy atom. The smallest absolute Gasteiger partial charge is 0.196 e. The number of nitrogens with zero attached hydrogens (tertiary/aromatic N) is 3. The van der Waals surface area contributed by atoms with Crippen LogP contribution in [0.25, 0.3) is 5.69 Å². The summed E-state index contributed by atoms with van der Waals surface area (Å²) < 4.78 is 13.0. The van der Waals surface area contributed by atoms with Crippen molar-refractivity contribution in [1.29, 1.82) is 0 Å². The van der Waals surface area contributed by atoms with Crippen LogP contribution in [0, 0.1) is 0 Å². The molecule has 0 fully saturated rings. The molecule has 1 aromatic heterocycles. The third-order valence-electron chi connectivity index (χ3n) is 4.57. The molecule has 0 atom stereocenters. The normalized spacial score (nSPS) is 10.6. The molecule has 0 aliphatic carbocycles. The van der Waals surface area contributed by atoms with Gasteiger partial charge in [-0.1, -0.05) is 60.3 Å². The zero-order valence-electron chi connectivity index (χ0n) is 17.0. The Hall–Kier alpha value is -3.58. The second-order valence-corrected chi connectivity index (χ2v) is 7.55. The van der Waals surface area contributed by atoms with Gasteiger partial charge in [-0.15, -0.1) is 10.2 Å². The zero-order valence-corrected chi connectivity index (χ0v) is 17.8. The van der Waals surface area contributed by atoms with Crippen molar-refractivity contribution in [2.45, 2.75) is 11.8 Å². The lowest BCUT2D eigenvalue weighted by molar-refractivity contribution is 0.102. The van der Waals surface area contributed by atoms with Crippen molar-refractivity contribution in [3.63, 3.8) is 0 Å². The van der Waals surface area contributed by atoms with E-state index in [9.17, 15) is 4.79 Å². The van der Waals surface area contributed by atoms with Crippen LogP contribution in [-0.4, -0.2) is 33.4 Å². The second kappa shape index (κ2) is 9.95. The first kappa shape index (κ1) is 20.7. The molecule has 4 rings (SSSR count). The molecule has 0 amide bonds. The highest BCUT2D eigenvalue weighted by Crippen LogP contribution is 2.24. The summed E-state index contributed by atoms with van der Waals surface area (Å²) in [5.74, 6) is 2.44. The van der Waals surface area contributed by atoms with Gasteiger partial charge in [0, 0.05) is 11.3 Å². The Kier molecular flexibility index (Phi) is 6.64. The number of para-hydroxylation sites is 1. The van der Waals surface area contributed by atoms with E-state index < -0.39 is 0 Å². The van der Waals surface area contributed by atoms with E-state index in [1.54, 1.807) is 7.11 Å². The van der Waals surface area contributed by atoms with Crippen LogP contribution in [0.1, 0.15) is 16.2 Å². The number of benzene rings is 3. The summed E-state index contributed by atoms with van der Waals surface area (Å²) in [6.07, 6.45) is 0. The fourth-order valence-electron chi connectivity index (χ4n) is 2.98. The first-order valence-corrected chi connectivity index (χ1v) is 10.7. The highest BCUT2D eigenvalue weighted by atomic mass is 32.2. The maximum absolute atomic E-state index is 12.5. The predicted molar refractivity (Wildman–Crippen MR) is 120 cm³/mol. The van der Waals surface area contributed by atoms with Gasteiger partial charge in [-0.05, 0) is 36.4 Å². The largest absolute Gasteiger partial charge is 0.497 e. The number of carbonyl (C=O) groups excluding carboxylic acids is 1. The van der Waals surface area contributed by atoms with Gasteiger partial charge in [-0.3, -0.25) is 9.36 Å². The number of ether oxygens (including phenoxy) is 2. The van der Waals surface area contributed by atoms with E-state index in [2.05, 4.69) is 10.2 Å². The summed E-state index contributed by atoms with van der Waals surface area (Å²) in [5, 5.41) is 9.29. The number of aromatic nitrogens is 3. The summed E-state index contributed by atoms with van der Waals surface area (Å²) in [7, 11) is 1.62. The fraction of sp³-hybridized carbons (Fsp3) is 0.125. The predicted octanol–water partition coefficient (Wildman–Crippen LogP) is 4.83. The number of Topliss-reactive ketones (excluding diaryl/α,β-unsaturated/α-hetero) is 1. The van der Waals surface area contributed by atoms with Crippen LogP contribution >= 0.6 is 11.8 Å². The maximum Gasteiger partial charge on any atom is 0.196 e. The monoisotopic (exact) mass is 431 g/mol. The van der Waals surface area contributed by atoms with Crippen LogP contribution in [0.3, 0.4) is 0 Å². The minimum atomic E-state index is 0.0456. The number of rotatable bonds is 9. The first-order valence-electron chi connectivity index (χ1n) is 9.72. The van der Waals surface area contributed by atoms with Gasteiger partial charge in [0.25, 0.3) is 0 Å². The Bertz CT molecular complexity index is 1130. The molecule has 0 aliphatic heterocycles. The van der Waals surface area contributed by atoms with E-state index in [1.807, 2.05) is 89.5 Å². The molecule has 4 aromatic rings. The van der Waals surface area contributed by atoms with E-state index in [4.69, 9.17) is 9.47 Å². The quantitative estimate of drug-likeness (QED) is 0.279. The molecule has 0 aliphatic rings. The van der Waals surface area contributed by atoms with E-state index in [-0.39, 0.29) is 18.1 Å². The van der Waals surface area contributed by atoms with Crippen LogP contribution in [0.2, 0.25) is 0 Å². The standard InChI is InChI=1S/C24H21N3O3S/c1-29-20-12-14-21(15-13-20)30-16-23-25-26-24(27(23)19-10-6-3-7-11-19)31-17-22(28)18-8-4-2-5-9-18/h2-15H,16-17H2,1H3. The molecule has 0 radical (unpaired) electrons. The molecule has 0 saturated carbocycles. The van der Waals surface area contributed by atoms with Gasteiger partial charge in [-0.25, -0.2) is 0 Å². The lowest BCUT2D eigenvalue weighted by atomic mass is 10.2. The minimum absolute atomic E-state index is 0.0456. The highest BCUT2D eigenvalue weighted by Gasteiger charge is 2.17. The molecular formula is C24H21N3O3S. The van der Waals surface area contributed by atoms with Crippen molar-refractivity contribution >= 4 is 17.5 Å². The number of ketones is 1. The number of methoxy groups -OCH3 is 1. The Morgan fingerprint density at radius 3 is 2.19 bits per heavy atom. The molecule has 7 heteroatoms. The first-order chi connectivity index (χ1) is 15.2. The fourth-order valence-corrected chi connectivity index (χ4v) is 3.85. The highest BCUT2D eigenvalue weighted by molar-refractivity contribution is 7.99. The zero-order chi connectivity index (χ0) is 21.5. The Balaban J connectivity index is 1.53. The van der Waals surface area contributed by atoms with Crippen molar-refractivity contribution in [2.24, 2.45) is 0 Å². The van der Waals surface area contributed by atoms with Gasteiger partial charge < -0.3 is 9.47 Å². The van der Waals surface area contributed by atoms with Crippen molar-refractivity contribution in [3.05, 3.63) is 96.3 Å². The SMILES string of the molecule is COc1ccc(OCc2nnc(SCC(=O)c3ccccc3)n2-c2ccccc2)cc1. The van der Waals surface area contributed by atoms with E-state index in [0.29, 0.717) is 22.3 Å². The minimum Gasteiger partial charge on any atom is -0.497 e. The topological polar surface area (TPSA) is 66.2 Å². The van der Waals surface area contributed by atoms with Gasteiger partial charge >= 0.3 is 0 Å². The van der Waals surface area contributed by atoms with E-state index >= 15 is 0 Å². The van der Waals surface area contributed by atoms with Crippen molar-refractivity contribution < 1.29 is 14.3 Å². The summed E-state index contributed by atoms with van der Waals surface area (Å²) in [5.41, 5.74) is 1.60. The number of hydrogen-bond acceptors (Lipinski definition) is 6. The summed E-state index contributed by atoms with van der Waals surface area (Å²) in [4.78, 5) is 12.5.